The molecule has 1 aromatic carbocycles. The third-order valence-corrected chi connectivity index (χ3v) is 8.65. The van der Waals surface area contributed by atoms with Crippen LogP contribution in [0, 0.1) is 5.92 Å². The molecule has 0 bridgehead atoms. The van der Waals surface area contributed by atoms with Crippen LogP contribution in [0.2, 0.25) is 0 Å². The molecule has 0 spiro atoms. The van der Waals surface area contributed by atoms with Crippen LogP contribution in [-0.2, 0) is 30.6 Å². The number of likely N-dealkylation sites (tertiary alicyclic amines) is 1. The van der Waals surface area contributed by atoms with E-state index in [1.807, 2.05) is 9.47 Å². The lowest BCUT2D eigenvalue weighted by molar-refractivity contribution is -0.129. The summed E-state index contributed by atoms with van der Waals surface area (Å²) < 4.78 is 1.90. The predicted molar refractivity (Wildman–Crippen MR) is 143 cm³/mol. The number of carbonyl (C=O) groups excluding carboxylic acids is 1. The lowest BCUT2D eigenvalue weighted by atomic mass is 9.90. The van der Waals surface area contributed by atoms with Crippen LogP contribution >= 0.6 is 11.8 Å². The van der Waals surface area contributed by atoms with E-state index in [2.05, 4.69) is 54.1 Å². The van der Waals surface area contributed by atoms with Crippen molar-refractivity contribution in [1.82, 2.24) is 19.4 Å². The van der Waals surface area contributed by atoms with E-state index in [1.54, 1.807) is 0 Å². The van der Waals surface area contributed by atoms with Crippen molar-refractivity contribution < 1.29 is 4.79 Å². The molecule has 1 aromatic heterocycles. The molecule has 1 aliphatic heterocycles. The monoisotopic (exact) mass is 496 g/mol. The van der Waals surface area contributed by atoms with Gasteiger partial charge in [0.15, 0.2) is 0 Å². The van der Waals surface area contributed by atoms with E-state index in [0.29, 0.717) is 18.2 Å². The van der Waals surface area contributed by atoms with Crippen LogP contribution < -0.4 is 5.69 Å². The Morgan fingerprint density at radius 3 is 2.51 bits per heavy atom. The maximum absolute atomic E-state index is 13.0. The van der Waals surface area contributed by atoms with Gasteiger partial charge in [-0.05, 0) is 69.5 Å². The molecule has 7 heteroatoms. The second-order valence-electron chi connectivity index (χ2n) is 9.81. The van der Waals surface area contributed by atoms with Crippen LogP contribution in [0.1, 0.15) is 56.4 Å². The number of nitrogens with zero attached hydrogens (tertiary/aromatic N) is 4. The van der Waals surface area contributed by atoms with Crippen molar-refractivity contribution in [2.24, 2.45) is 5.92 Å². The zero-order chi connectivity index (χ0) is 24.6. The number of aromatic nitrogens is 2. The molecule has 0 atom stereocenters. The van der Waals surface area contributed by atoms with Gasteiger partial charge in [-0.1, -0.05) is 55.9 Å². The lowest BCUT2D eigenvalue weighted by Gasteiger charge is -2.32. The molecule has 1 fully saturated rings. The average molecular weight is 497 g/mol. The molecule has 2 heterocycles. The number of benzene rings is 1. The van der Waals surface area contributed by atoms with Crippen molar-refractivity contribution in [3.05, 3.63) is 57.6 Å². The zero-order valence-corrected chi connectivity index (χ0v) is 22.2. The normalized spacial score (nSPS) is 16.5. The van der Waals surface area contributed by atoms with E-state index in [0.717, 1.165) is 88.4 Å². The Balaban J connectivity index is 1.35. The minimum Gasteiger partial charge on any atom is -0.342 e. The minimum atomic E-state index is -0.158. The third kappa shape index (κ3) is 6.76. The van der Waals surface area contributed by atoms with Crippen LogP contribution in [0.15, 0.2) is 40.2 Å². The number of thioether (sulfide) groups is 1. The summed E-state index contributed by atoms with van der Waals surface area (Å²) >= 11 is 1.47. The first-order chi connectivity index (χ1) is 17.1. The standard InChI is InChI=1S/C28H40N4O2S/c1-3-30(4-2)18-19-32-25-13-9-8-12-24(25)27(29-28(32)34)35-21-26(33)31-16-14-23(15-17-31)20-22-10-6-5-7-11-22/h5-7,10-11,23H,3-4,8-9,12-21H2,1-2H3. The summed E-state index contributed by atoms with van der Waals surface area (Å²) in [6, 6.07) is 10.6. The van der Waals surface area contributed by atoms with E-state index in [1.165, 1.54) is 22.9 Å². The van der Waals surface area contributed by atoms with E-state index in [4.69, 9.17) is 0 Å². The van der Waals surface area contributed by atoms with Gasteiger partial charge in [-0.25, -0.2) is 4.79 Å². The molecule has 0 unspecified atom stereocenters. The fraction of sp³-hybridized carbons (Fsp3) is 0.607. The van der Waals surface area contributed by atoms with Crippen molar-refractivity contribution in [3.63, 3.8) is 0 Å². The van der Waals surface area contributed by atoms with E-state index in [9.17, 15) is 9.59 Å². The Hall–Kier alpha value is -2.12. The first-order valence-corrected chi connectivity index (χ1v) is 14.4. The van der Waals surface area contributed by atoms with E-state index >= 15 is 0 Å². The van der Waals surface area contributed by atoms with Crippen molar-refractivity contribution in [1.29, 1.82) is 0 Å². The third-order valence-electron chi connectivity index (χ3n) is 7.65. The number of piperidine rings is 1. The molecule has 35 heavy (non-hydrogen) atoms. The highest BCUT2D eigenvalue weighted by Gasteiger charge is 2.25. The summed E-state index contributed by atoms with van der Waals surface area (Å²) in [6.07, 6.45) is 7.33. The van der Waals surface area contributed by atoms with Crippen molar-refractivity contribution in [2.75, 3.05) is 38.5 Å². The van der Waals surface area contributed by atoms with Crippen LogP contribution in [0.4, 0.5) is 0 Å². The first kappa shape index (κ1) is 26.0. The molecule has 0 radical (unpaired) electrons. The molecule has 2 aromatic rings. The number of carbonyl (C=O) groups is 1. The average Bonchev–Trinajstić information content (AvgIpc) is 2.90. The summed E-state index contributed by atoms with van der Waals surface area (Å²) in [5, 5.41) is 0.788. The number of rotatable bonds is 10. The van der Waals surface area contributed by atoms with Crippen LogP contribution in [0.25, 0.3) is 0 Å². The summed E-state index contributed by atoms with van der Waals surface area (Å²) in [5.74, 6) is 1.18. The first-order valence-electron chi connectivity index (χ1n) is 13.4. The van der Waals surface area contributed by atoms with Crippen molar-refractivity contribution in [3.8, 4) is 0 Å². The summed E-state index contributed by atoms with van der Waals surface area (Å²) in [7, 11) is 0. The Bertz CT molecular complexity index is 1030. The van der Waals surface area contributed by atoms with Gasteiger partial charge in [0, 0.05) is 37.4 Å². The summed E-state index contributed by atoms with van der Waals surface area (Å²) in [4.78, 5) is 34.8. The highest BCUT2D eigenvalue weighted by molar-refractivity contribution is 7.99. The fourth-order valence-electron chi connectivity index (χ4n) is 5.43. The number of hydrogen-bond donors (Lipinski definition) is 0. The molecular weight excluding hydrogens is 456 g/mol. The molecule has 1 saturated heterocycles. The van der Waals surface area contributed by atoms with Crippen LogP contribution in [0.5, 0.6) is 0 Å². The molecule has 1 aliphatic carbocycles. The second kappa shape index (κ2) is 12.7. The van der Waals surface area contributed by atoms with Crippen molar-refractivity contribution >= 4 is 17.7 Å². The van der Waals surface area contributed by atoms with Gasteiger partial charge in [0.1, 0.15) is 5.03 Å². The van der Waals surface area contributed by atoms with Gasteiger partial charge < -0.3 is 9.80 Å². The Labute approximate surface area is 214 Å². The minimum absolute atomic E-state index is 0.158. The summed E-state index contributed by atoms with van der Waals surface area (Å²) in [5.41, 5.74) is 3.58. The van der Waals surface area contributed by atoms with Gasteiger partial charge in [-0.15, -0.1) is 0 Å². The summed E-state index contributed by atoms with van der Waals surface area (Å²) in [6.45, 7) is 9.50. The molecule has 0 saturated carbocycles. The highest BCUT2D eigenvalue weighted by Crippen LogP contribution is 2.29. The zero-order valence-electron chi connectivity index (χ0n) is 21.4. The topological polar surface area (TPSA) is 58.4 Å². The molecule has 2 aliphatic rings. The Kier molecular flexibility index (Phi) is 9.44. The molecule has 0 N–H and O–H groups in total. The Morgan fingerprint density at radius 2 is 1.80 bits per heavy atom. The molecule has 1 amide bonds. The van der Waals surface area contributed by atoms with E-state index < -0.39 is 0 Å². The molecular formula is C28H40N4O2S. The fourth-order valence-corrected chi connectivity index (χ4v) is 6.41. The Morgan fingerprint density at radius 1 is 1.09 bits per heavy atom. The SMILES string of the molecule is CCN(CC)CCn1c2c(c(SCC(=O)N3CCC(Cc4ccccc4)CC3)nc1=O)CCCC2. The van der Waals surface area contributed by atoms with Gasteiger partial charge >= 0.3 is 5.69 Å². The number of fused-ring (bicyclic) bond motifs is 1. The van der Waals surface area contributed by atoms with Gasteiger partial charge in [-0.3, -0.25) is 9.36 Å². The van der Waals surface area contributed by atoms with E-state index in [-0.39, 0.29) is 11.6 Å². The molecule has 4 rings (SSSR count). The van der Waals surface area contributed by atoms with Gasteiger partial charge in [-0.2, -0.15) is 4.98 Å². The van der Waals surface area contributed by atoms with Crippen LogP contribution in [0.3, 0.4) is 0 Å². The van der Waals surface area contributed by atoms with Crippen LogP contribution in [-0.4, -0.2) is 63.7 Å². The number of amides is 1. The maximum Gasteiger partial charge on any atom is 0.348 e. The predicted octanol–water partition coefficient (Wildman–Crippen LogP) is 4.04. The number of likely N-dealkylation sites (N-methyl/N-ethyl adjacent to an activating group) is 1. The molecule has 6 nitrogen and oxygen atoms in total. The van der Waals surface area contributed by atoms with Crippen molar-refractivity contribution in [2.45, 2.75) is 70.4 Å². The van der Waals surface area contributed by atoms with Gasteiger partial charge in [0.05, 0.1) is 5.75 Å². The van der Waals surface area contributed by atoms with Gasteiger partial charge in [0.25, 0.3) is 0 Å². The lowest BCUT2D eigenvalue weighted by Crippen LogP contribution is -2.40. The highest BCUT2D eigenvalue weighted by atomic mass is 32.2. The maximum atomic E-state index is 13.0. The largest absolute Gasteiger partial charge is 0.348 e. The molecule has 190 valence electrons. The second-order valence-corrected chi connectivity index (χ2v) is 10.8. The smallest absolute Gasteiger partial charge is 0.342 e. The number of hydrogen-bond acceptors (Lipinski definition) is 5. The van der Waals surface area contributed by atoms with Gasteiger partial charge in [0.2, 0.25) is 5.91 Å². The quantitative estimate of drug-likeness (QED) is 0.367.